The van der Waals surface area contributed by atoms with Crippen LogP contribution in [0.3, 0.4) is 0 Å². The Hall–Kier alpha value is -2.90. The van der Waals surface area contributed by atoms with Gasteiger partial charge in [0.2, 0.25) is 0 Å². The molecule has 1 N–H and O–H groups in total. The third-order valence-corrected chi connectivity index (χ3v) is 4.99. The molecular formula is C19H17N3O3S. The minimum Gasteiger partial charge on any atom is -0.496 e. The molecule has 0 radical (unpaired) electrons. The average molecular weight is 367 g/mol. The minimum absolute atomic E-state index is 0.127. The molecule has 0 fully saturated rings. The fourth-order valence-corrected chi connectivity index (χ4v) is 3.68. The van der Waals surface area contributed by atoms with Crippen molar-refractivity contribution in [1.82, 2.24) is 14.5 Å². The molecule has 26 heavy (non-hydrogen) atoms. The van der Waals surface area contributed by atoms with Crippen LogP contribution in [0.1, 0.15) is 10.6 Å². The van der Waals surface area contributed by atoms with E-state index in [0.717, 1.165) is 27.0 Å². The van der Waals surface area contributed by atoms with E-state index in [4.69, 9.17) is 14.3 Å². The molecule has 0 saturated heterocycles. The lowest BCUT2D eigenvalue weighted by atomic mass is 10.2. The van der Waals surface area contributed by atoms with Gasteiger partial charge in [-0.1, -0.05) is 12.1 Å². The summed E-state index contributed by atoms with van der Waals surface area (Å²) in [5.74, 6) is 2.68. The number of benzene rings is 1. The SMILES string of the molecule is COc1ccccc1-c1ncc(Cn2ccnc2-c2ccc(CO)o2)s1. The number of nitrogens with zero attached hydrogens (tertiary/aromatic N) is 3. The Morgan fingerprint density at radius 3 is 2.88 bits per heavy atom. The highest BCUT2D eigenvalue weighted by atomic mass is 32.1. The standard InChI is InChI=1S/C19H17N3O3S/c1-24-16-5-3-2-4-15(16)19-21-10-14(26-19)11-22-9-8-20-18(22)17-7-6-13(12-23)25-17/h2-10,23H,11-12H2,1H3. The molecule has 0 amide bonds. The van der Waals surface area contributed by atoms with Gasteiger partial charge in [-0.3, -0.25) is 0 Å². The van der Waals surface area contributed by atoms with E-state index in [9.17, 15) is 0 Å². The molecule has 0 aliphatic rings. The number of para-hydroxylation sites is 1. The summed E-state index contributed by atoms with van der Waals surface area (Å²) in [5, 5.41) is 10.1. The van der Waals surface area contributed by atoms with Crippen LogP contribution in [-0.4, -0.2) is 26.8 Å². The fraction of sp³-hybridized carbons (Fsp3) is 0.158. The van der Waals surface area contributed by atoms with Crippen molar-refractivity contribution >= 4 is 11.3 Å². The predicted octanol–water partition coefficient (Wildman–Crippen LogP) is 3.82. The number of thiazole rings is 1. The van der Waals surface area contributed by atoms with Gasteiger partial charge in [-0.15, -0.1) is 11.3 Å². The number of aliphatic hydroxyl groups is 1. The maximum atomic E-state index is 9.17. The van der Waals surface area contributed by atoms with E-state index in [1.54, 1.807) is 30.7 Å². The zero-order chi connectivity index (χ0) is 17.9. The Bertz CT molecular complexity index is 1020. The van der Waals surface area contributed by atoms with Crippen LogP contribution >= 0.6 is 11.3 Å². The molecular weight excluding hydrogens is 350 g/mol. The zero-order valence-electron chi connectivity index (χ0n) is 14.1. The lowest BCUT2D eigenvalue weighted by Gasteiger charge is -2.05. The molecule has 0 atom stereocenters. The van der Waals surface area contributed by atoms with E-state index in [-0.39, 0.29) is 6.61 Å². The maximum absolute atomic E-state index is 9.17. The van der Waals surface area contributed by atoms with Crippen molar-refractivity contribution in [2.75, 3.05) is 7.11 Å². The third kappa shape index (κ3) is 3.14. The topological polar surface area (TPSA) is 73.3 Å². The normalized spacial score (nSPS) is 11.0. The van der Waals surface area contributed by atoms with Gasteiger partial charge in [0.05, 0.1) is 19.2 Å². The van der Waals surface area contributed by atoms with Crippen LogP contribution in [0.25, 0.3) is 22.2 Å². The first-order valence-corrected chi connectivity index (χ1v) is 8.89. The molecule has 0 saturated carbocycles. The van der Waals surface area contributed by atoms with Crippen molar-refractivity contribution in [1.29, 1.82) is 0 Å². The van der Waals surface area contributed by atoms with Gasteiger partial charge >= 0.3 is 0 Å². The van der Waals surface area contributed by atoms with Gasteiger partial charge in [-0.05, 0) is 24.3 Å². The lowest BCUT2D eigenvalue weighted by molar-refractivity contribution is 0.248. The Balaban J connectivity index is 1.60. The highest BCUT2D eigenvalue weighted by Gasteiger charge is 2.14. The first-order valence-electron chi connectivity index (χ1n) is 8.07. The fourth-order valence-electron chi connectivity index (χ4n) is 2.74. The summed E-state index contributed by atoms with van der Waals surface area (Å²) < 4.78 is 13.0. The summed E-state index contributed by atoms with van der Waals surface area (Å²) in [6.07, 6.45) is 5.51. The lowest BCUT2D eigenvalue weighted by Crippen LogP contribution is -1.98. The number of methoxy groups -OCH3 is 1. The highest BCUT2D eigenvalue weighted by molar-refractivity contribution is 7.15. The van der Waals surface area contributed by atoms with Gasteiger partial charge in [0.15, 0.2) is 11.6 Å². The first kappa shape index (κ1) is 16.6. The van der Waals surface area contributed by atoms with Crippen LogP contribution in [0, 0.1) is 0 Å². The predicted molar refractivity (Wildman–Crippen MR) is 99.1 cm³/mol. The number of aromatic nitrogens is 3. The number of hydrogen-bond donors (Lipinski definition) is 1. The third-order valence-electron chi connectivity index (χ3n) is 3.97. The minimum atomic E-state index is -0.127. The summed E-state index contributed by atoms with van der Waals surface area (Å²) in [5.41, 5.74) is 0.982. The van der Waals surface area contributed by atoms with E-state index < -0.39 is 0 Å². The Kier molecular flexibility index (Phi) is 4.55. The average Bonchev–Trinajstić information content (AvgIpc) is 3.42. The Labute approximate surface area is 154 Å². The van der Waals surface area contributed by atoms with Crippen molar-refractivity contribution in [3.8, 4) is 27.9 Å². The molecule has 132 valence electrons. The van der Waals surface area contributed by atoms with Crippen LogP contribution < -0.4 is 4.74 Å². The Morgan fingerprint density at radius 2 is 2.08 bits per heavy atom. The molecule has 4 rings (SSSR count). The number of rotatable bonds is 6. The van der Waals surface area contributed by atoms with Crippen LogP contribution in [0.4, 0.5) is 0 Å². The van der Waals surface area contributed by atoms with Gasteiger partial charge in [-0.2, -0.15) is 0 Å². The molecule has 3 heterocycles. The van der Waals surface area contributed by atoms with Crippen LogP contribution in [-0.2, 0) is 13.2 Å². The second kappa shape index (κ2) is 7.15. The highest BCUT2D eigenvalue weighted by Crippen LogP contribution is 2.33. The second-order valence-corrected chi connectivity index (χ2v) is 6.75. The monoisotopic (exact) mass is 367 g/mol. The van der Waals surface area contributed by atoms with E-state index in [1.165, 1.54) is 0 Å². The first-order chi connectivity index (χ1) is 12.8. The maximum Gasteiger partial charge on any atom is 0.176 e. The quantitative estimate of drug-likeness (QED) is 0.561. The Morgan fingerprint density at radius 1 is 1.19 bits per heavy atom. The van der Waals surface area contributed by atoms with E-state index in [2.05, 4.69) is 9.97 Å². The molecule has 0 spiro atoms. The zero-order valence-corrected chi connectivity index (χ0v) is 14.9. The summed E-state index contributed by atoms with van der Waals surface area (Å²) >= 11 is 1.62. The molecule has 3 aromatic heterocycles. The van der Waals surface area contributed by atoms with E-state index >= 15 is 0 Å². The van der Waals surface area contributed by atoms with Gasteiger partial charge in [0.25, 0.3) is 0 Å². The van der Waals surface area contributed by atoms with Gasteiger partial charge < -0.3 is 18.8 Å². The molecule has 0 unspecified atom stereocenters. The summed E-state index contributed by atoms with van der Waals surface area (Å²) in [6.45, 7) is 0.509. The smallest absolute Gasteiger partial charge is 0.176 e. The van der Waals surface area contributed by atoms with Crippen molar-refractivity contribution < 1.29 is 14.3 Å². The molecule has 0 aliphatic heterocycles. The number of ether oxygens (including phenoxy) is 1. The number of imidazole rings is 1. The molecule has 0 aliphatic carbocycles. The van der Waals surface area contributed by atoms with Crippen molar-refractivity contribution in [3.05, 3.63) is 65.6 Å². The van der Waals surface area contributed by atoms with E-state index in [0.29, 0.717) is 18.1 Å². The molecule has 6 nitrogen and oxygen atoms in total. The molecule has 7 heteroatoms. The summed E-state index contributed by atoms with van der Waals surface area (Å²) in [7, 11) is 1.66. The van der Waals surface area contributed by atoms with Crippen molar-refractivity contribution in [2.45, 2.75) is 13.2 Å². The second-order valence-electron chi connectivity index (χ2n) is 5.63. The van der Waals surface area contributed by atoms with Crippen LogP contribution in [0.2, 0.25) is 0 Å². The van der Waals surface area contributed by atoms with Gasteiger partial charge in [-0.25, -0.2) is 9.97 Å². The van der Waals surface area contributed by atoms with E-state index in [1.807, 2.05) is 47.3 Å². The number of aliphatic hydroxyl groups excluding tert-OH is 1. The van der Waals surface area contributed by atoms with Crippen molar-refractivity contribution in [2.24, 2.45) is 0 Å². The summed E-state index contributed by atoms with van der Waals surface area (Å²) in [6, 6.07) is 11.4. The van der Waals surface area contributed by atoms with Gasteiger partial charge in [0.1, 0.15) is 23.1 Å². The van der Waals surface area contributed by atoms with Crippen molar-refractivity contribution in [3.63, 3.8) is 0 Å². The van der Waals surface area contributed by atoms with Crippen LogP contribution in [0.5, 0.6) is 5.75 Å². The molecule has 4 aromatic rings. The summed E-state index contributed by atoms with van der Waals surface area (Å²) in [4.78, 5) is 10.0. The number of hydrogen-bond acceptors (Lipinski definition) is 6. The molecule has 1 aromatic carbocycles. The van der Waals surface area contributed by atoms with Gasteiger partial charge in [0, 0.05) is 23.5 Å². The van der Waals surface area contributed by atoms with Crippen LogP contribution in [0.15, 0.2) is 59.4 Å². The largest absolute Gasteiger partial charge is 0.496 e. The number of furan rings is 1. The molecule has 0 bridgehead atoms.